The standard InChI is InChI=1S/C54H34N4.C50H32N4/c1-3-15-41-37(13-1)33-38-14-2-4-16-42(38)53(41)48-34-47(35-25-29-39(30-26-35)57-49-21-9-5-17-43(49)44-18-6-10-22-50(44)57)55-54(56-48)36-27-31-40(32-28-36)58-51-23-11-7-19-45(51)46-20-8-12-24-52(46)58;1-2-14-38-33(12-1)13-11-19-39(38)45-32-44(34-24-28-36(29-25-34)53-46-20-7-3-15-40(46)41-16-4-8-21-47(41)53)51-50(52-45)35-26-30-37(31-27-35)54-48-22-9-5-17-42(48)43-18-6-10-23-49(43)54/h1-34H;1-32H. The first-order valence-corrected chi connectivity index (χ1v) is 38.1. The van der Waals surface area contributed by atoms with Gasteiger partial charge in [-0.1, -0.05) is 261 Å². The lowest BCUT2D eigenvalue weighted by atomic mass is 9.94. The van der Waals surface area contributed by atoms with Gasteiger partial charge in [-0.2, -0.15) is 0 Å². The van der Waals surface area contributed by atoms with Gasteiger partial charge in [0.25, 0.3) is 0 Å². The van der Waals surface area contributed by atoms with Crippen molar-refractivity contribution in [2.45, 2.75) is 0 Å². The zero-order chi connectivity index (χ0) is 73.7. The Bertz CT molecular complexity index is 7050. The van der Waals surface area contributed by atoms with Crippen LogP contribution in [-0.2, 0) is 0 Å². The van der Waals surface area contributed by atoms with Crippen LogP contribution >= 0.6 is 0 Å². The molecule has 0 aliphatic rings. The first-order valence-electron chi connectivity index (χ1n) is 38.1. The van der Waals surface area contributed by atoms with Crippen LogP contribution in [0.3, 0.4) is 0 Å². The Morgan fingerprint density at radius 1 is 0.161 bits per heavy atom. The van der Waals surface area contributed by atoms with Gasteiger partial charge in [0.2, 0.25) is 0 Å². The molecule has 8 heteroatoms. The summed E-state index contributed by atoms with van der Waals surface area (Å²) in [5.74, 6) is 1.38. The number of fused-ring (bicyclic) bond motifs is 15. The maximum atomic E-state index is 5.40. The van der Waals surface area contributed by atoms with Crippen LogP contribution in [0, 0.1) is 0 Å². The van der Waals surface area contributed by atoms with Gasteiger partial charge in [0.1, 0.15) is 0 Å². The maximum Gasteiger partial charge on any atom is 0.160 e. The van der Waals surface area contributed by atoms with E-state index < -0.39 is 0 Å². The third-order valence-corrected chi connectivity index (χ3v) is 22.5. The van der Waals surface area contributed by atoms with Crippen LogP contribution in [0.5, 0.6) is 0 Å². The average Bonchev–Trinajstić information content (AvgIpc) is 1.60. The van der Waals surface area contributed by atoms with Crippen molar-refractivity contribution < 1.29 is 0 Å². The van der Waals surface area contributed by atoms with Gasteiger partial charge in [-0.3, -0.25) is 0 Å². The van der Waals surface area contributed by atoms with Crippen molar-refractivity contribution in [3.63, 3.8) is 0 Å². The van der Waals surface area contributed by atoms with Crippen molar-refractivity contribution in [3.05, 3.63) is 400 Å². The van der Waals surface area contributed by atoms with Gasteiger partial charge in [-0.15, -0.1) is 0 Å². The molecule has 23 rings (SSSR count). The molecule has 0 saturated carbocycles. The van der Waals surface area contributed by atoms with Crippen LogP contribution in [0.2, 0.25) is 0 Å². The van der Waals surface area contributed by atoms with Crippen LogP contribution in [0.15, 0.2) is 400 Å². The highest BCUT2D eigenvalue weighted by molar-refractivity contribution is 6.15. The second-order valence-corrected chi connectivity index (χ2v) is 28.8. The fraction of sp³-hybridized carbons (Fsp3) is 0. The van der Waals surface area contributed by atoms with Crippen LogP contribution in [0.4, 0.5) is 0 Å². The maximum absolute atomic E-state index is 5.40. The summed E-state index contributed by atoms with van der Waals surface area (Å²) in [6, 6.07) is 143. The number of hydrogen-bond donors (Lipinski definition) is 0. The summed E-state index contributed by atoms with van der Waals surface area (Å²) in [5.41, 5.74) is 23.6. The minimum Gasteiger partial charge on any atom is -0.309 e. The molecule has 0 amide bonds. The zero-order valence-corrected chi connectivity index (χ0v) is 60.7. The summed E-state index contributed by atoms with van der Waals surface area (Å²) in [6.45, 7) is 0. The smallest absolute Gasteiger partial charge is 0.160 e. The van der Waals surface area contributed by atoms with Crippen LogP contribution in [0.1, 0.15) is 0 Å². The summed E-state index contributed by atoms with van der Waals surface area (Å²) in [5, 5.41) is 17.0. The monoisotopic (exact) mass is 1430 g/mol. The third-order valence-electron chi connectivity index (χ3n) is 22.5. The molecule has 17 aromatic carbocycles. The number of hydrogen-bond acceptors (Lipinski definition) is 4. The van der Waals surface area contributed by atoms with E-state index in [1.165, 1.54) is 120 Å². The van der Waals surface area contributed by atoms with Crippen LogP contribution in [0.25, 0.3) is 210 Å². The van der Waals surface area contributed by atoms with E-state index in [2.05, 4.69) is 419 Å². The quantitative estimate of drug-likeness (QED) is 0.128. The fourth-order valence-electron chi connectivity index (χ4n) is 17.3. The number of nitrogens with zero attached hydrogens (tertiary/aromatic N) is 8. The lowest BCUT2D eigenvalue weighted by molar-refractivity contribution is 1.16. The number of rotatable bonds is 10. The number of para-hydroxylation sites is 8. The van der Waals surface area contributed by atoms with Gasteiger partial charge in [0, 0.05) is 99.2 Å². The largest absolute Gasteiger partial charge is 0.309 e. The molecular formula is C104H66N8. The lowest BCUT2D eigenvalue weighted by Crippen LogP contribution is -1.99. The predicted octanol–water partition coefficient (Wildman–Crippen LogP) is 26.8. The van der Waals surface area contributed by atoms with Crippen molar-refractivity contribution in [2.75, 3.05) is 0 Å². The highest BCUT2D eigenvalue weighted by Gasteiger charge is 2.22. The molecule has 0 fully saturated rings. The number of benzene rings is 17. The first-order chi connectivity index (χ1) is 55.5. The second kappa shape index (κ2) is 26.4. The Labute approximate surface area is 644 Å². The van der Waals surface area contributed by atoms with Crippen molar-refractivity contribution >= 4 is 120 Å². The van der Waals surface area contributed by atoms with E-state index in [1.54, 1.807) is 0 Å². The molecule has 0 saturated heterocycles. The van der Waals surface area contributed by atoms with E-state index in [0.717, 1.165) is 78.9 Å². The van der Waals surface area contributed by atoms with E-state index in [-0.39, 0.29) is 0 Å². The molecule has 0 unspecified atom stereocenters. The molecule has 0 aliphatic carbocycles. The first kappa shape index (κ1) is 64.1. The summed E-state index contributed by atoms with van der Waals surface area (Å²) in [6.07, 6.45) is 0. The van der Waals surface area contributed by atoms with Crippen LogP contribution in [-0.4, -0.2) is 38.2 Å². The Kier molecular flexibility index (Phi) is 15.1. The topological polar surface area (TPSA) is 71.3 Å². The van der Waals surface area contributed by atoms with Gasteiger partial charge >= 0.3 is 0 Å². The molecule has 522 valence electrons. The summed E-state index contributed by atoms with van der Waals surface area (Å²) < 4.78 is 9.39. The molecule has 6 heterocycles. The molecular weight excluding hydrogens is 1360 g/mol. The minimum atomic E-state index is 0.685. The van der Waals surface area contributed by atoms with E-state index in [4.69, 9.17) is 19.9 Å². The molecule has 23 aromatic rings. The Hall–Kier alpha value is -15.1. The summed E-state index contributed by atoms with van der Waals surface area (Å²) >= 11 is 0. The van der Waals surface area contributed by atoms with Crippen molar-refractivity contribution in [2.24, 2.45) is 0 Å². The molecule has 0 atom stereocenters. The molecule has 0 bridgehead atoms. The lowest BCUT2D eigenvalue weighted by Gasteiger charge is -2.15. The molecule has 0 aliphatic heterocycles. The highest BCUT2D eigenvalue weighted by atomic mass is 15.0. The summed E-state index contributed by atoms with van der Waals surface area (Å²) in [4.78, 5) is 21.2. The zero-order valence-electron chi connectivity index (χ0n) is 60.7. The third kappa shape index (κ3) is 10.7. The molecule has 8 nitrogen and oxygen atoms in total. The van der Waals surface area contributed by atoms with Crippen molar-refractivity contribution in [3.8, 4) is 90.6 Å². The van der Waals surface area contributed by atoms with Crippen molar-refractivity contribution in [1.29, 1.82) is 0 Å². The van der Waals surface area contributed by atoms with Crippen molar-refractivity contribution in [1.82, 2.24) is 38.2 Å². The number of aromatic nitrogens is 8. The minimum absolute atomic E-state index is 0.685. The van der Waals surface area contributed by atoms with Gasteiger partial charge in [-0.05, 0) is 172 Å². The molecule has 0 spiro atoms. The molecule has 6 aromatic heterocycles. The van der Waals surface area contributed by atoms with Gasteiger partial charge in [0.05, 0.1) is 66.9 Å². The Balaban J connectivity index is 0.000000138. The van der Waals surface area contributed by atoms with E-state index in [0.29, 0.717) is 11.6 Å². The molecule has 0 N–H and O–H groups in total. The van der Waals surface area contributed by atoms with E-state index in [9.17, 15) is 0 Å². The van der Waals surface area contributed by atoms with Gasteiger partial charge < -0.3 is 18.3 Å². The average molecular weight is 1430 g/mol. The van der Waals surface area contributed by atoms with E-state index in [1.807, 2.05) is 0 Å². The normalized spacial score (nSPS) is 11.8. The summed E-state index contributed by atoms with van der Waals surface area (Å²) in [7, 11) is 0. The van der Waals surface area contributed by atoms with Gasteiger partial charge in [-0.25, -0.2) is 19.9 Å². The second-order valence-electron chi connectivity index (χ2n) is 28.8. The fourth-order valence-corrected chi connectivity index (χ4v) is 17.3. The highest BCUT2D eigenvalue weighted by Crippen LogP contribution is 2.42. The van der Waals surface area contributed by atoms with E-state index >= 15 is 0 Å². The predicted molar refractivity (Wildman–Crippen MR) is 467 cm³/mol. The van der Waals surface area contributed by atoms with Crippen LogP contribution < -0.4 is 0 Å². The SMILES string of the molecule is c1ccc2c(-c3cc(-c4ccc(-n5c6ccccc6c6ccccc65)cc4)nc(-c4ccc(-n5c6ccccc6c6ccccc65)cc4)n3)c3ccccc3cc2c1.c1ccc2c(-c3cc(-c4ccc(-n5c6ccccc6c6ccccc65)cc4)nc(-c4ccc(-n5c6ccccc6c6ccccc65)cc4)n3)cccc2c1. The Morgan fingerprint density at radius 3 is 0.732 bits per heavy atom. The van der Waals surface area contributed by atoms with Gasteiger partial charge in [0.15, 0.2) is 11.6 Å². The molecule has 0 radical (unpaired) electrons. The molecule has 112 heavy (non-hydrogen) atoms. The Morgan fingerprint density at radius 2 is 0.402 bits per heavy atom.